The second-order valence-corrected chi connectivity index (χ2v) is 8.69. The number of rotatable bonds is 4. The number of amides is 3. The average molecular weight is 448 g/mol. The van der Waals surface area contributed by atoms with Crippen LogP contribution < -0.4 is 16.4 Å². The third-order valence-electron chi connectivity index (χ3n) is 6.63. The maximum atomic E-state index is 12.8. The van der Waals surface area contributed by atoms with Gasteiger partial charge in [0.25, 0.3) is 0 Å². The van der Waals surface area contributed by atoms with Crippen molar-refractivity contribution in [3.05, 3.63) is 63.6 Å². The first kappa shape index (κ1) is 21.0. The predicted octanol–water partition coefficient (Wildman–Crippen LogP) is 3.05. The van der Waals surface area contributed by atoms with Crippen molar-refractivity contribution in [2.75, 3.05) is 18.4 Å². The van der Waals surface area contributed by atoms with Crippen molar-refractivity contribution in [2.24, 2.45) is 0 Å². The van der Waals surface area contributed by atoms with E-state index in [1.807, 2.05) is 24.3 Å². The number of carbonyl (C=O) groups excluding carboxylic acids is 3. The average Bonchev–Trinajstić information content (AvgIpc) is 3.18. The van der Waals surface area contributed by atoms with E-state index in [0.29, 0.717) is 42.6 Å². The van der Waals surface area contributed by atoms with Crippen molar-refractivity contribution >= 4 is 34.5 Å². The van der Waals surface area contributed by atoms with Crippen molar-refractivity contribution in [3.8, 4) is 0 Å². The Balaban J connectivity index is 1.22. The van der Waals surface area contributed by atoms with E-state index >= 15 is 0 Å². The second kappa shape index (κ2) is 7.91. The summed E-state index contributed by atoms with van der Waals surface area (Å²) in [7, 11) is 0. The molecule has 5 rings (SSSR count). The Morgan fingerprint density at radius 2 is 1.85 bits per heavy atom. The number of fused-ring (bicyclic) bond motifs is 3. The fourth-order valence-corrected chi connectivity index (χ4v) is 4.89. The first-order chi connectivity index (χ1) is 15.8. The first-order valence-corrected chi connectivity index (χ1v) is 11.0. The van der Waals surface area contributed by atoms with E-state index in [1.54, 1.807) is 17.9 Å². The number of hydrogen-bond donors (Lipinski definition) is 3. The van der Waals surface area contributed by atoms with Crippen LogP contribution in [0.1, 0.15) is 47.2 Å². The quantitative estimate of drug-likeness (QED) is 0.529. The number of piperidine rings is 1. The number of likely N-dealkylation sites (tertiary alicyclic amines) is 1. The number of carbonyl (C=O) groups is 3. The standard InChI is InChI=1S/C24H24N4O5/c1-14-12-15(13-19-21(14)26-23(32)33-19)18(29)6-7-20(30)28-10-8-24(9-11-28)16-4-2-3-5-17(16)25-22(31)27-24/h2-5,12-13H,6-11H2,1H3,(H,26,32)(H2,25,27,31). The van der Waals surface area contributed by atoms with Gasteiger partial charge < -0.3 is 20.0 Å². The number of ketones is 1. The van der Waals surface area contributed by atoms with Gasteiger partial charge in [-0.05, 0) is 43.5 Å². The summed E-state index contributed by atoms with van der Waals surface area (Å²) in [6.07, 6.45) is 1.40. The number of urea groups is 1. The molecule has 0 aliphatic carbocycles. The van der Waals surface area contributed by atoms with Crippen LogP contribution in [-0.2, 0) is 10.3 Å². The lowest BCUT2D eigenvalue weighted by atomic mass is 9.79. The lowest BCUT2D eigenvalue weighted by molar-refractivity contribution is -0.132. The lowest BCUT2D eigenvalue weighted by Crippen LogP contribution is -2.57. The number of para-hydroxylation sites is 1. The van der Waals surface area contributed by atoms with Gasteiger partial charge in [0.2, 0.25) is 5.91 Å². The van der Waals surface area contributed by atoms with E-state index in [0.717, 1.165) is 16.8 Å². The van der Waals surface area contributed by atoms with E-state index in [1.165, 1.54) is 6.07 Å². The molecule has 2 aliphatic heterocycles. The molecule has 33 heavy (non-hydrogen) atoms. The molecule has 0 saturated carbocycles. The largest absolute Gasteiger partial charge is 0.417 e. The number of hydrogen-bond acceptors (Lipinski definition) is 5. The summed E-state index contributed by atoms with van der Waals surface area (Å²) in [5, 5.41) is 5.90. The molecule has 3 amide bonds. The van der Waals surface area contributed by atoms with Crippen molar-refractivity contribution in [3.63, 3.8) is 0 Å². The van der Waals surface area contributed by atoms with Gasteiger partial charge in [0.05, 0.1) is 11.1 Å². The minimum absolute atomic E-state index is 0.0730. The number of nitrogens with zero attached hydrogens (tertiary/aromatic N) is 1. The number of benzene rings is 2. The zero-order chi connectivity index (χ0) is 23.2. The van der Waals surface area contributed by atoms with Crippen LogP contribution in [-0.4, -0.2) is 40.7 Å². The molecule has 2 aliphatic rings. The Hall–Kier alpha value is -3.88. The Morgan fingerprint density at radius 1 is 1.09 bits per heavy atom. The number of H-pyrrole nitrogens is 1. The van der Waals surface area contributed by atoms with Crippen molar-refractivity contribution < 1.29 is 18.8 Å². The van der Waals surface area contributed by atoms with Crippen LogP contribution in [0.2, 0.25) is 0 Å². The maximum absolute atomic E-state index is 12.8. The summed E-state index contributed by atoms with van der Waals surface area (Å²) < 4.78 is 5.07. The number of anilines is 1. The Labute approximate surface area is 189 Å². The third kappa shape index (κ3) is 3.79. The zero-order valence-corrected chi connectivity index (χ0v) is 18.2. The number of Topliss-reactive ketones (excluding diaryl/α,β-unsaturated/α-hetero) is 1. The van der Waals surface area contributed by atoms with E-state index < -0.39 is 11.3 Å². The van der Waals surface area contributed by atoms with Gasteiger partial charge in [-0.15, -0.1) is 0 Å². The van der Waals surface area contributed by atoms with Gasteiger partial charge in [0.1, 0.15) is 0 Å². The highest BCUT2D eigenvalue weighted by molar-refractivity contribution is 6.00. The highest BCUT2D eigenvalue weighted by Crippen LogP contribution is 2.39. The molecule has 0 bridgehead atoms. The lowest BCUT2D eigenvalue weighted by Gasteiger charge is -2.45. The van der Waals surface area contributed by atoms with Gasteiger partial charge >= 0.3 is 11.8 Å². The van der Waals surface area contributed by atoms with E-state index in [-0.39, 0.29) is 30.6 Å². The molecule has 1 saturated heterocycles. The molecule has 1 fully saturated rings. The molecule has 170 valence electrons. The predicted molar refractivity (Wildman–Crippen MR) is 121 cm³/mol. The molecule has 3 N–H and O–H groups in total. The SMILES string of the molecule is Cc1cc(C(=O)CCC(=O)N2CCC3(CC2)NC(=O)Nc2ccccc23)cc2oc(=O)[nH]c12. The fraction of sp³-hybridized carbons (Fsp3) is 0.333. The van der Waals surface area contributed by atoms with Gasteiger partial charge in [-0.25, -0.2) is 9.59 Å². The molecule has 1 aromatic heterocycles. The zero-order valence-electron chi connectivity index (χ0n) is 18.2. The fourth-order valence-electron chi connectivity index (χ4n) is 4.89. The van der Waals surface area contributed by atoms with Crippen LogP contribution in [0.15, 0.2) is 45.6 Å². The summed E-state index contributed by atoms with van der Waals surface area (Å²) in [4.78, 5) is 53.5. The molecule has 0 atom stereocenters. The number of aryl methyl sites for hydroxylation is 1. The summed E-state index contributed by atoms with van der Waals surface area (Å²) in [6.45, 7) is 2.79. The van der Waals surface area contributed by atoms with Gasteiger partial charge in [-0.1, -0.05) is 18.2 Å². The highest BCUT2D eigenvalue weighted by atomic mass is 16.4. The van der Waals surface area contributed by atoms with Crippen LogP contribution >= 0.6 is 0 Å². The van der Waals surface area contributed by atoms with Crippen molar-refractivity contribution in [1.82, 2.24) is 15.2 Å². The monoisotopic (exact) mass is 448 g/mol. The molecule has 9 heteroatoms. The minimum Gasteiger partial charge on any atom is -0.408 e. The van der Waals surface area contributed by atoms with E-state index in [2.05, 4.69) is 15.6 Å². The molecule has 0 radical (unpaired) electrons. The number of oxazole rings is 1. The van der Waals surface area contributed by atoms with Crippen molar-refractivity contribution in [2.45, 2.75) is 38.1 Å². The first-order valence-electron chi connectivity index (χ1n) is 11.0. The number of nitrogens with one attached hydrogen (secondary N) is 3. The van der Waals surface area contributed by atoms with Crippen LogP contribution in [0.5, 0.6) is 0 Å². The number of aromatic nitrogens is 1. The molecule has 2 aromatic carbocycles. The second-order valence-electron chi connectivity index (χ2n) is 8.69. The molecular weight excluding hydrogens is 424 g/mol. The molecule has 0 unspecified atom stereocenters. The minimum atomic E-state index is -0.566. The Bertz CT molecular complexity index is 1330. The van der Waals surface area contributed by atoms with Gasteiger partial charge in [0.15, 0.2) is 11.4 Å². The summed E-state index contributed by atoms with van der Waals surface area (Å²) in [5.41, 5.74) is 3.41. The van der Waals surface area contributed by atoms with Crippen LogP contribution in [0.25, 0.3) is 11.1 Å². The molecular formula is C24H24N4O5. The van der Waals surface area contributed by atoms with Crippen LogP contribution in [0.3, 0.4) is 0 Å². The summed E-state index contributed by atoms with van der Waals surface area (Å²) in [5.74, 6) is -0.828. The summed E-state index contributed by atoms with van der Waals surface area (Å²) >= 11 is 0. The Morgan fingerprint density at radius 3 is 2.64 bits per heavy atom. The third-order valence-corrected chi connectivity index (χ3v) is 6.63. The van der Waals surface area contributed by atoms with Gasteiger partial charge in [0, 0.05) is 42.7 Å². The topological polar surface area (TPSA) is 125 Å². The van der Waals surface area contributed by atoms with Gasteiger partial charge in [-0.2, -0.15) is 0 Å². The van der Waals surface area contributed by atoms with Crippen LogP contribution in [0.4, 0.5) is 10.5 Å². The smallest absolute Gasteiger partial charge is 0.408 e. The Kier molecular flexibility index (Phi) is 5.03. The van der Waals surface area contributed by atoms with Crippen molar-refractivity contribution in [1.29, 1.82) is 0 Å². The maximum Gasteiger partial charge on any atom is 0.417 e. The summed E-state index contributed by atoms with van der Waals surface area (Å²) in [6, 6.07) is 10.7. The van der Waals surface area contributed by atoms with Crippen LogP contribution in [0, 0.1) is 6.92 Å². The van der Waals surface area contributed by atoms with E-state index in [4.69, 9.17) is 4.42 Å². The molecule has 9 nitrogen and oxygen atoms in total. The van der Waals surface area contributed by atoms with E-state index in [9.17, 15) is 19.2 Å². The molecule has 1 spiro atoms. The molecule has 3 heterocycles. The number of aromatic amines is 1. The molecule has 3 aromatic rings. The van der Waals surface area contributed by atoms with Gasteiger partial charge in [-0.3, -0.25) is 14.6 Å². The normalized spacial score (nSPS) is 16.9. The highest BCUT2D eigenvalue weighted by Gasteiger charge is 2.42.